The van der Waals surface area contributed by atoms with Gasteiger partial charge in [-0.15, -0.1) is 0 Å². The lowest BCUT2D eigenvalue weighted by atomic mass is 9.95. The van der Waals surface area contributed by atoms with Gasteiger partial charge >= 0.3 is 0 Å². The van der Waals surface area contributed by atoms with Crippen LogP contribution in [-0.2, 0) is 17.8 Å². The topological polar surface area (TPSA) is 39.1 Å². The van der Waals surface area contributed by atoms with Gasteiger partial charge in [0, 0.05) is 43.4 Å². The van der Waals surface area contributed by atoms with Crippen molar-refractivity contribution in [1.29, 1.82) is 0 Å². The van der Waals surface area contributed by atoms with E-state index in [1.54, 1.807) is 0 Å². The number of benzene rings is 1. The van der Waals surface area contributed by atoms with Crippen LogP contribution in [0.3, 0.4) is 0 Å². The van der Waals surface area contributed by atoms with Crippen molar-refractivity contribution in [3.05, 3.63) is 52.8 Å². The zero-order valence-corrected chi connectivity index (χ0v) is 14.4. The minimum atomic E-state index is 0.226. The molecule has 1 aromatic heterocycles. The highest BCUT2D eigenvalue weighted by atomic mass is 16.5. The molecule has 2 heterocycles. The second-order valence-corrected chi connectivity index (χ2v) is 6.35. The average molecular weight is 313 g/mol. The van der Waals surface area contributed by atoms with Crippen LogP contribution < -0.4 is 5.32 Å². The highest BCUT2D eigenvalue weighted by Gasteiger charge is 2.29. The van der Waals surface area contributed by atoms with Gasteiger partial charge in [-0.25, -0.2) is 0 Å². The van der Waals surface area contributed by atoms with E-state index in [2.05, 4.69) is 66.2 Å². The number of hydrogen-bond donors (Lipinski definition) is 1. The van der Waals surface area contributed by atoms with Crippen molar-refractivity contribution in [2.24, 2.45) is 5.92 Å². The van der Waals surface area contributed by atoms with Gasteiger partial charge in [0.1, 0.15) is 0 Å². The molecule has 1 fully saturated rings. The Kier molecular flexibility index (Phi) is 5.13. The Morgan fingerprint density at radius 2 is 2.04 bits per heavy atom. The first-order valence-corrected chi connectivity index (χ1v) is 8.60. The normalized spacial score (nSPS) is 21.0. The van der Waals surface area contributed by atoms with Crippen molar-refractivity contribution in [1.82, 2.24) is 15.1 Å². The summed E-state index contributed by atoms with van der Waals surface area (Å²) >= 11 is 0. The Morgan fingerprint density at radius 1 is 1.26 bits per heavy atom. The van der Waals surface area contributed by atoms with Crippen LogP contribution >= 0.6 is 0 Å². The van der Waals surface area contributed by atoms with Gasteiger partial charge in [-0.1, -0.05) is 30.3 Å². The number of rotatable bonds is 6. The minimum Gasteiger partial charge on any atom is -0.373 e. The molecule has 3 rings (SSSR count). The van der Waals surface area contributed by atoms with Crippen LogP contribution in [0.4, 0.5) is 0 Å². The van der Waals surface area contributed by atoms with E-state index in [0.29, 0.717) is 5.92 Å². The van der Waals surface area contributed by atoms with Crippen molar-refractivity contribution in [2.75, 3.05) is 13.2 Å². The zero-order chi connectivity index (χ0) is 16.2. The van der Waals surface area contributed by atoms with Gasteiger partial charge in [0.15, 0.2) is 0 Å². The molecule has 2 aromatic rings. The van der Waals surface area contributed by atoms with E-state index in [0.717, 1.165) is 38.4 Å². The van der Waals surface area contributed by atoms with Crippen molar-refractivity contribution in [3.63, 3.8) is 0 Å². The molecule has 0 unspecified atom stereocenters. The molecular formula is C19H27N3O. The first-order chi connectivity index (χ1) is 11.2. The summed E-state index contributed by atoms with van der Waals surface area (Å²) in [5, 5.41) is 8.22. The highest BCUT2D eigenvalue weighted by molar-refractivity contribution is 5.24. The standard InChI is InChI=1S/C19H27N3O/c1-4-22-15(3)18(14(2)21-22)13-20-12-17-10-11-23-19(17)16-8-6-5-7-9-16/h5-9,17,19-20H,4,10-13H2,1-3H3/t17-,19-/m1/s1. The molecule has 1 aliphatic rings. The van der Waals surface area contributed by atoms with Crippen LogP contribution in [0.5, 0.6) is 0 Å². The molecule has 0 amide bonds. The molecule has 23 heavy (non-hydrogen) atoms. The lowest BCUT2D eigenvalue weighted by molar-refractivity contribution is 0.0904. The SMILES string of the molecule is CCn1nc(C)c(CNC[C@H]2CCO[C@@H]2c2ccccc2)c1C. The second kappa shape index (κ2) is 7.28. The summed E-state index contributed by atoms with van der Waals surface area (Å²) in [5.41, 5.74) is 5.05. The van der Waals surface area contributed by atoms with E-state index >= 15 is 0 Å². The summed E-state index contributed by atoms with van der Waals surface area (Å²) in [4.78, 5) is 0. The van der Waals surface area contributed by atoms with Gasteiger partial charge in [-0.05, 0) is 32.8 Å². The molecule has 0 radical (unpaired) electrons. The Balaban J connectivity index is 1.59. The van der Waals surface area contributed by atoms with E-state index in [4.69, 9.17) is 4.74 Å². The fraction of sp³-hybridized carbons (Fsp3) is 0.526. The molecule has 4 nitrogen and oxygen atoms in total. The van der Waals surface area contributed by atoms with E-state index in [9.17, 15) is 0 Å². The van der Waals surface area contributed by atoms with Gasteiger partial charge in [-0.2, -0.15) is 5.10 Å². The molecular weight excluding hydrogens is 286 g/mol. The fourth-order valence-electron chi connectivity index (χ4n) is 3.53. The molecule has 2 atom stereocenters. The third-order valence-corrected chi connectivity index (χ3v) is 4.88. The van der Waals surface area contributed by atoms with Crippen molar-refractivity contribution in [2.45, 2.75) is 46.4 Å². The smallest absolute Gasteiger partial charge is 0.0866 e. The van der Waals surface area contributed by atoms with Crippen LogP contribution in [0.25, 0.3) is 0 Å². The van der Waals surface area contributed by atoms with Gasteiger partial charge < -0.3 is 10.1 Å². The molecule has 4 heteroatoms. The molecule has 0 bridgehead atoms. The van der Waals surface area contributed by atoms with Crippen molar-refractivity contribution < 1.29 is 4.74 Å². The molecule has 1 aliphatic heterocycles. The van der Waals surface area contributed by atoms with Gasteiger partial charge in [0.05, 0.1) is 11.8 Å². The number of nitrogens with zero attached hydrogens (tertiary/aromatic N) is 2. The number of aryl methyl sites for hydroxylation is 2. The average Bonchev–Trinajstić information content (AvgIpc) is 3.14. The van der Waals surface area contributed by atoms with E-state index < -0.39 is 0 Å². The monoisotopic (exact) mass is 313 g/mol. The van der Waals surface area contributed by atoms with E-state index in [1.165, 1.54) is 16.8 Å². The largest absolute Gasteiger partial charge is 0.373 e. The van der Waals surface area contributed by atoms with E-state index in [-0.39, 0.29) is 6.10 Å². The van der Waals surface area contributed by atoms with E-state index in [1.807, 2.05) is 0 Å². The van der Waals surface area contributed by atoms with Crippen molar-refractivity contribution in [3.8, 4) is 0 Å². The Morgan fingerprint density at radius 3 is 2.74 bits per heavy atom. The van der Waals surface area contributed by atoms with Crippen LogP contribution in [0, 0.1) is 19.8 Å². The van der Waals surface area contributed by atoms with Gasteiger partial charge in [-0.3, -0.25) is 4.68 Å². The van der Waals surface area contributed by atoms with Crippen molar-refractivity contribution >= 4 is 0 Å². The zero-order valence-electron chi connectivity index (χ0n) is 14.4. The lowest BCUT2D eigenvalue weighted by Crippen LogP contribution is -2.25. The second-order valence-electron chi connectivity index (χ2n) is 6.35. The molecule has 1 aromatic carbocycles. The predicted molar refractivity (Wildman–Crippen MR) is 92.3 cm³/mol. The number of hydrogen-bond acceptors (Lipinski definition) is 3. The molecule has 0 saturated carbocycles. The van der Waals surface area contributed by atoms with Gasteiger partial charge in [0.25, 0.3) is 0 Å². The molecule has 1 N–H and O–H groups in total. The number of nitrogens with one attached hydrogen (secondary N) is 1. The molecule has 0 aliphatic carbocycles. The highest BCUT2D eigenvalue weighted by Crippen LogP contribution is 2.33. The molecule has 1 saturated heterocycles. The van der Waals surface area contributed by atoms with Crippen LogP contribution in [0.1, 0.15) is 42.0 Å². The number of ether oxygens (including phenoxy) is 1. The van der Waals surface area contributed by atoms with Crippen LogP contribution in [0.2, 0.25) is 0 Å². The maximum absolute atomic E-state index is 5.97. The lowest BCUT2D eigenvalue weighted by Gasteiger charge is -2.19. The van der Waals surface area contributed by atoms with Gasteiger partial charge in [0.2, 0.25) is 0 Å². The maximum atomic E-state index is 5.97. The first-order valence-electron chi connectivity index (χ1n) is 8.60. The summed E-state index contributed by atoms with van der Waals surface area (Å²) < 4.78 is 8.05. The third-order valence-electron chi connectivity index (χ3n) is 4.88. The summed E-state index contributed by atoms with van der Waals surface area (Å²) in [6.45, 7) is 10.0. The van der Waals surface area contributed by atoms with Crippen LogP contribution in [0.15, 0.2) is 30.3 Å². The van der Waals surface area contributed by atoms with Crippen LogP contribution in [-0.4, -0.2) is 22.9 Å². The minimum absolute atomic E-state index is 0.226. The fourth-order valence-corrected chi connectivity index (χ4v) is 3.53. The summed E-state index contributed by atoms with van der Waals surface area (Å²) in [6.07, 6.45) is 1.35. The summed E-state index contributed by atoms with van der Waals surface area (Å²) in [5.74, 6) is 0.541. The number of aromatic nitrogens is 2. The predicted octanol–water partition coefficient (Wildman–Crippen LogP) is 3.39. The quantitative estimate of drug-likeness (QED) is 0.888. The molecule has 0 spiro atoms. The molecule has 124 valence electrons. The Hall–Kier alpha value is -1.65. The Bertz CT molecular complexity index is 636. The first kappa shape index (κ1) is 16.2. The maximum Gasteiger partial charge on any atom is 0.0866 e. The summed E-state index contributed by atoms with van der Waals surface area (Å²) in [6, 6.07) is 10.6. The third kappa shape index (κ3) is 3.48. The Labute approximate surface area is 138 Å². The summed E-state index contributed by atoms with van der Waals surface area (Å²) in [7, 11) is 0.